The van der Waals surface area contributed by atoms with Crippen molar-refractivity contribution in [3.8, 4) is 16.9 Å². The maximum absolute atomic E-state index is 13.6. The van der Waals surface area contributed by atoms with Gasteiger partial charge in [0, 0.05) is 13.1 Å². The maximum Gasteiger partial charge on any atom is 0.416 e. The summed E-state index contributed by atoms with van der Waals surface area (Å²) < 4.78 is 84.0. The molecular formula is C29H22ClF6N3O4. The van der Waals surface area contributed by atoms with Crippen molar-refractivity contribution in [3.05, 3.63) is 81.9 Å². The molecule has 7 nitrogen and oxygen atoms in total. The Hall–Kier alpha value is -4.26. The van der Waals surface area contributed by atoms with Crippen LogP contribution in [0.3, 0.4) is 0 Å². The molecular weight excluding hydrogens is 604 g/mol. The standard InChI is InChI=1S/C29H22ClF6N3O4/c1-15-2-4-17(28(31,32)33)11-19(15)16-3-6-22-20(10-16)27(42)39-9-8-38(13-23(39)26(41)37-22)25(40)14-43-24-7-5-18(12-21(24)30)29(34,35)36/h2-7,10-12,23H,8-9,13-14H2,1H3,(H,37,41)/t23-/m0/s1. The molecule has 5 rings (SSSR count). The number of anilines is 1. The molecule has 226 valence electrons. The van der Waals surface area contributed by atoms with Crippen molar-refractivity contribution >= 4 is 35.0 Å². The second-order valence-electron chi connectivity index (χ2n) is 10.1. The third-order valence-electron chi connectivity index (χ3n) is 7.29. The quantitative estimate of drug-likeness (QED) is 0.359. The van der Waals surface area contributed by atoms with E-state index in [9.17, 15) is 40.7 Å². The first-order valence-electron chi connectivity index (χ1n) is 12.8. The summed E-state index contributed by atoms with van der Waals surface area (Å²) in [6.07, 6.45) is -9.16. The van der Waals surface area contributed by atoms with Gasteiger partial charge in [-0.2, -0.15) is 26.3 Å². The number of halogens is 7. The van der Waals surface area contributed by atoms with Gasteiger partial charge in [-0.3, -0.25) is 14.4 Å². The predicted molar refractivity (Wildman–Crippen MR) is 144 cm³/mol. The fourth-order valence-corrected chi connectivity index (χ4v) is 5.21. The number of amides is 3. The molecule has 3 aromatic rings. The van der Waals surface area contributed by atoms with Crippen molar-refractivity contribution in [2.75, 3.05) is 31.6 Å². The number of hydrogen-bond donors (Lipinski definition) is 1. The minimum absolute atomic E-state index is 0.0280. The number of ether oxygens (including phenoxy) is 1. The Morgan fingerprint density at radius 2 is 1.60 bits per heavy atom. The second-order valence-corrected chi connectivity index (χ2v) is 10.5. The zero-order valence-electron chi connectivity index (χ0n) is 22.3. The van der Waals surface area contributed by atoms with Crippen molar-refractivity contribution in [1.82, 2.24) is 9.80 Å². The number of aryl methyl sites for hydroxylation is 1. The summed E-state index contributed by atoms with van der Waals surface area (Å²) in [5.74, 6) is -1.82. The molecule has 1 N–H and O–H groups in total. The number of piperazine rings is 1. The first kappa shape index (κ1) is 30.2. The Bertz CT molecular complexity index is 1620. The molecule has 3 aromatic carbocycles. The van der Waals surface area contributed by atoms with Crippen LogP contribution in [-0.2, 0) is 21.9 Å². The molecule has 0 unspecified atom stereocenters. The number of carbonyl (C=O) groups excluding carboxylic acids is 3. The first-order valence-corrected chi connectivity index (χ1v) is 13.2. The topological polar surface area (TPSA) is 79.0 Å². The molecule has 43 heavy (non-hydrogen) atoms. The first-order chi connectivity index (χ1) is 20.1. The number of carbonyl (C=O) groups is 3. The largest absolute Gasteiger partial charge is 0.482 e. The van der Waals surface area contributed by atoms with Gasteiger partial charge in [0.2, 0.25) is 5.91 Å². The van der Waals surface area contributed by atoms with Crippen LogP contribution in [0.1, 0.15) is 27.0 Å². The highest BCUT2D eigenvalue weighted by atomic mass is 35.5. The van der Waals surface area contributed by atoms with E-state index in [1.807, 2.05) is 0 Å². The van der Waals surface area contributed by atoms with Crippen LogP contribution in [-0.4, -0.2) is 59.8 Å². The minimum atomic E-state index is -4.60. The molecule has 1 fully saturated rings. The van der Waals surface area contributed by atoms with Gasteiger partial charge in [0.15, 0.2) is 6.61 Å². The van der Waals surface area contributed by atoms with E-state index < -0.39 is 53.8 Å². The molecule has 1 atom stereocenters. The summed E-state index contributed by atoms with van der Waals surface area (Å²) in [7, 11) is 0. The summed E-state index contributed by atoms with van der Waals surface area (Å²) in [4.78, 5) is 42.1. The number of rotatable bonds is 4. The molecule has 0 spiro atoms. The summed E-state index contributed by atoms with van der Waals surface area (Å²) in [5, 5.41) is 2.33. The molecule has 0 aromatic heterocycles. The Labute approximate surface area is 246 Å². The number of nitrogens with zero attached hydrogens (tertiary/aromatic N) is 2. The number of nitrogens with one attached hydrogen (secondary N) is 1. The van der Waals surface area contributed by atoms with Crippen LogP contribution in [0.25, 0.3) is 11.1 Å². The van der Waals surface area contributed by atoms with Crippen LogP contribution < -0.4 is 10.1 Å². The van der Waals surface area contributed by atoms with Crippen LogP contribution in [0.5, 0.6) is 5.75 Å². The zero-order chi connectivity index (χ0) is 31.3. The molecule has 3 amide bonds. The summed E-state index contributed by atoms with van der Waals surface area (Å²) >= 11 is 5.88. The number of alkyl halides is 6. The molecule has 0 saturated carbocycles. The predicted octanol–water partition coefficient (Wildman–Crippen LogP) is 6.04. The van der Waals surface area contributed by atoms with Crippen molar-refractivity contribution in [2.24, 2.45) is 0 Å². The second kappa shape index (κ2) is 11.1. The molecule has 2 aliphatic heterocycles. The fraction of sp³-hybridized carbons (Fsp3) is 0.276. The number of hydrogen-bond acceptors (Lipinski definition) is 4. The lowest BCUT2D eigenvalue weighted by Gasteiger charge is -2.39. The average molecular weight is 626 g/mol. The Kier molecular flexibility index (Phi) is 7.80. The van der Waals surface area contributed by atoms with Crippen LogP contribution in [0.2, 0.25) is 5.02 Å². The van der Waals surface area contributed by atoms with Gasteiger partial charge >= 0.3 is 12.4 Å². The third kappa shape index (κ3) is 6.12. The van der Waals surface area contributed by atoms with Gasteiger partial charge in [0.25, 0.3) is 11.8 Å². The molecule has 1 saturated heterocycles. The Balaban J connectivity index is 1.31. The van der Waals surface area contributed by atoms with Crippen molar-refractivity contribution in [3.63, 3.8) is 0 Å². The van der Waals surface area contributed by atoms with Gasteiger partial charge in [-0.1, -0.05) is 23.7 Å². The highest BCUT2D eigenvalue weighted by molar-refractivity contribution is 6.32. The lowest BCUT2D eigenvalue weighted by Crippen LogP contribution is -2.60. The molecule has 2 aliphatic rings. The average Bonchev–Trinajstić information content (AvgIpc) is 3.04. The van der Waals surface area contributed by atoms with E-state index in [0.717, 1.165) is 24.3 Å². The van der Waals surface area contributed by atoms with E-state index in [0.29, 0.717) is 17.2 Å². The van der Waals surface area contributed by atoms with Crippen LogP contribution in [0.15, 0.2) is 54.6 Å². The summed E-state index contributed by atoms with van der Waals surface area (Å²) in [6, 6.07) is 9.08. The van der Waals surface area contributed by atoms with Gasteiger partial charge < -0.3 is 19.9 Å². The van der Waals surface area contributed by atoms with E-state index in [2.05, 4.69) is 5.32 Å². The molecule has 2 heterocycles. The maximum atomic E-state index is 13.6. The van der Waals surface area contributed by atoms with Crippen molar-refractivity contribution in [2.45, 2.75) is 25.3 Å². The Morgan fingerprint density at radius 1 is 0.930 bits per heavy atom. The van der Waals surface area contributed by atoms with E-state index in [4.69, 9.17) is 16.3 Å². The Morgan fingerprint density at radius 3 is 2.28 bits per heavy atom. The lowest BCUT2D eigenvalue weighted by molar-refractivity contribution is -0.139. The van der Waals surface area contributed by atoms with Crippen molar-refractivity contribution in [1.29, 1.82) is 0 Å². The lowest BCUT2D eigenvalue weighted by atomic mass is 9.95. The minimum Gasteiger partial charge on any atom is -0.482 e. The summed E-state index contributed by atoms with van der Waals surface area (Å²) in [6.45, 7) is 0.879. The normalized spacial score (nSPS) is 17.2. The van der Waals surface area contributed by atoms with E-state index in [-0.39, 0.29) is 47.2 Å². The number of benzene rings is 3. The highest BCUT2D eigenvalue weighted by Crippen LogP contribution is 2.37. The molecule has 0 aliphatic carbocycles. The SMILES string of the molecule is Cc1ccc(C(F)(F)F)cc1-c1ccc2c(c1)C(=O)N1CCN(C(=O)COc3ccc(C(F)(F)F)cc3Cl)C[C@H]1C(=O)N2. The van der Waals surface area contributed by atoms with Gasteiger partial charge in [0.1, 0.15) is 11.8 Å². The van der Waals surface area contributed by atoms with E-state index in [1.165, 1.54) is 34.1 Å². The summed E-state index contributed by atoms with van der Waals surface area (Å²) in [5.41, 5.74) is -0.357. The van der Waals surface area contributed by atoms with Gasteiger partial charge in [-0.15, -0.1) is 0 Å². The molecule has 0 bridgehead atoms. The van der Waals surface area contributed by atoms with E-state index >= 15 is 0 Å². The highest BCUT2D eigenvalue weighted by Gasteiger charge is 2.41. The third-order valence-corrected chi connectivity index (χ3v) is 7.59. The van der Waals surface area contributed by atoms with E-state index in [1.54, 1.807) is 6.92 Å². The number of fused-ring (bicyclic) bond motifs is 2. The zero-order valence-corrected chi connectivity index (χ0v) is 23.0. The van der Waals surface area contributed by atoms with Gasteiger partial charge in [-0.05, 0) is 66.1 Å². The van der Waals surface area contributed by atoms with Gasteiger partial charge in [0.05, 0.1) is 33.9 Å². The monoisotopic (exact) mass is 625 g/mol. The van der Waals surface area contributed by atoms with Crippen LogP contribution >= 0.6 is 11.6 Å². The van der Waals surface area contributed by atoms with Crippen molar-refractivity contribution < 1.29 is 45.5 Å². The molecule has 0 radical (unpaired) electrons. The fourth-order valence-electron chi connectivity index (χ4n) is 4.98. The molecule has 14 heteroatoms. The van der Waals surface area contributed by atoms with Crippen LogP contribution in [0.4, 0.5) is 32.0 Å². The van der Waals surface area contributed by atoms with Crippen LogP contribution in [0, 0.1) is 6.92 Å². The smallest absolute Gasteiger partial charge is 0.416 e. The van der Waals surface area contributed by atoms with Gasteiger partial charge in [-0.25, -0.2) is 0 Å².